The van der Waals surface area contributed by atoms with Crippen LogP contribution in [-0.4, -0.2) is 90.9 Å². The predicted molar refractivity (Wildman–Crippen MR) is 161 cm³/mol. The number of hydrogen-bond donors (Lipinski definition) is 4. The summed E-state index contributed by atoms with van der Waals surface area (Å²) in [6.45, 7) is 1.95. The van der Waals surface area contributed by atoms with Crippen LogP contribution in [0.15, 0.2) is 36.4 Å². The van der Waals surface area contributed by atoms with E-state index in [4.69, 9.17) is 24.8 Å². The number of primary amides is 1. The van der Waals surface area contributed by atoms with E-state index in [1.54, 1.807) is 14.0 Å². The number of rotatable bonds is 11. The first kappa shape index (κ1) is 32.0. The maximum Gasteiger partial charge on any atom is 0.237 e. The number of carbonyl (C=O) groups is 2. The molecular formula is C32H44N4O8. The zero-order valence-corrected chi connectivity index (χ0v) is 25.8. The fourth-order valence-corrected chi connectivity index (χ4v) is 6.93. The van der Waals surface area contributed by atoms with Crippen LogP contribution in [0.2, 0.25) is 0 Å². The molecule has 1 aliphatic carbocycles. The van der Waals surface area contributed by atoms with Crippen molar-refractivity contribution < 1.29 is 38.9 Å². The number of nitrogens with one attached hydrogen (secondary N) is 1. The topological polar surface area (TPSA) is 156 Å². The molecule has 12 nitrogen and oxygen atoms in total. The molecule has 44 heavy (non-hydrogen) atoms. The van der Waals surface area contributed by atoms with Crippen molar-refractivity contribution in [2.75, 3.05) is 34.6 Å². The van der Waals surface area contributed by atoms with Gasteiger partial charge in [-0.15, -0.1) is 0 Å². The van der Waals surface area contributed by atoms with Crippen molar-refractivity contribution in [1.29, 1.82) is 0 Å². The molecule has 1 saturated carbocycles. The lowest BCUT2D eigenvalue weighted by atomic mass is 9.74. The summed E-state index contributed by atoms with van der Waals surface area (Å²) in [4.78, 5) is 34.1. The normalized spacial score (nSPS) is 27.3. The molecule has 2 amide bonds. The number of para-hydroxylation sites is 1. The third-order valence-electron chi connectivity index (χ3n) is 9.19. The van der Waals surface area contributed by atoms with Crippen molar-refractivity contribution >= 4 is 11.8 Å². The van der Waals surface area contributed by atoms with E-state index in [-0.39, 0.29) is 43.7 Å². The van der Waals surface area contributed by atoms with Crippen LogP contribution < -0.4 is 25.3 Å². The highest BCUT2D eigenvalue weighted by Crippen LogP contribution is 2.43. The summed E-state index contributed by atoms with van der Waals surface area (Å²) < 4.78 is 16.8. The standard InChI is InChI=1S/C32H44N4O8/c1-18(38)28-27(16-37)44-36(29(28)31(33)39)15-20-6-5-7-24(30(20)41-4)21-11-22(13-23(12-21)35(2)3)32(40)34-14-19-8-9-25-26(10-19)43-17-42-25/h5-10,18,21-23,27-29,37-38H,11-17H2,1-4H3,(H2,33,39)(H,34,40)/t18-,21?,22?,23?,27-,28-,29?/m0/s1. The van der Waals surface area contributed by atoms with E-state index in [0.717, 1.165) is 29.5 Å². The molecule has 5 N–H and O–H groups in total. The van der Waals surface area contributed by atoms with Gasteiger partial charge in [0.05, 0.1) is 26.4 Å². The van der Waals surface area contributed by atoms with Crippen LogP contribution in [0, 0.1) is 11.8 Å². The monoisotopic (exact) mass is 612 g/mol. The molecule has 0 radical (unpaired) electrons. The number of nitrogens with zero attached hydrogens (tertiary/aromatic N) is 2. The van der Waals surface area contributed by atoms with E-state index in [9.17, 15) is 19.8 Å². The number of carbonyl (C=O) groups excluding carboxylic acids is 2. The highest BCUT2D eigenvalue weighted by Gasteiger charge is 2.48. The van der Waals surface area contributed by atoms with E-state index in [2.05, 4.69) is 10.2 Å². The van der Waals surface area contributed by atoms with Gasteiger partial charge < -0.3 is 40.4 Å². The zero-order chi connectivity index (χ0) is 31.5. The van der Waals surface area contributed by atoms with Gasteiger partial charge in [-0.2, -0.15) is 5.06 Å². The summed E-state index contributed by atoms with van der Waals surface area (Å²) >= 11 is 0. The van der Waals surface area contributed by atoms with Crippen molar-refractivity contribution in [1.82, 2.24) is 15.3 Å². The van der Waals surface area contributed by atoms with Crippen molar-refractivity contribution in [2.45, 2.75) is 69.5 Å². The van der Waals surface area contributed by atoms with Crippen LogP contribution in [0.5, 0.6) is 17.2 Å². The molecule has 2 aromatic carbocycles. The number of aliphatic hydroxyl groups excluding tert-OH is 2. The first-order chi connectivity index (χ1) is 21.1. The number of ether oxygens (including phenoxy) is 3. The van der Waals surface area contributed by atoms with Gasteiger partial charge in [-0.1, -0.05) is 24.3 Å². The molecular weight excluding hydrogens is 568 g/mol. The van der Waals surface area contributed by atoms with Crippen molar-refractivity contribution in [3.8, 4) is 17.2 Å². The van der Waals surface area contributed by atoms with Gasteiger partial charge in [0.25, 0.3) is 0 Å². The molecule has 3 aliphatic rings. The minimum atomic E-state index is -0.925. The van der Waals surface area contributed by atoms with Gasteiger partial charge in [0, 0.05) is 30.0 Å². The van der Waals surface area contributed by atoms with Gasteiger partial charge in [-0.05, 0) is 69.5 Å². The summed E-state index contributed by atoms with van der Waals surface area (Å²) in [7, 11) is 5.68. The number of hydroxylamine groups is 2. The Labute approximate surface area is 257 Å². The van der Waals surface area contributed by atoms with Crippen LogP contribution in [0.1, 0.15) is 48.8 Å². The molecule has 2 aliphatic heterocycles. The lowest BCUT2D eigenvalue weighted by Crippen LogP contribution is -2.47. The Morgan fingerprint density at radius 1 is 1.16 bits per heavy atom. The molecule has 2 aromatic rings. The minimum Gasteiger partial charge on any atom is -0.496 e. The Morgan fingerprint density at radius 3 is 2.61 bits per heavy atom. The van der Waals surface area contributed by atoms with Crippen molar-refractivity contribution in [3.63, 3.8) is 0 Å². The van der Waals surface area contributed by atoms with Gasteiger partial charge in [-0.3, -0.25) is 14.4 Å². The highest BCUT2D eigenvalue weighted by atomic mass is 16.7. The molecule has 0 aromatic heterocycles. The first-order valence-electron chi connectivity index (χ1n) is 15.1. The molecule has 2 heterocycles. The summed E-state index contributed by atoms with van der Waals surface area (Å²) in [5.74, 6) is 0.561. The van der Waals surface area contributed by atoms with E-state index in [0.29, 0.717) is 30.2 Å². The van der Waals surface area contributed by atoms with Gasteiger partial charge >= 0.3 is 0 Å². The first-order valence-corrected chi connectivity index (χ1v) is 15.1. The molecule has 240 valence electrons. The van der Waals surface area contributed by atoms with Crippen LogP contribution in [-0.2, 0) is 27.5 Å². The van der Waals surface area contributed by atoms with Crippen LogP contribution in [0.25, 0.3) is 0 Å². The second-order valence-corrected chi connectivity index (χ2v) is 12.2. The molecule has 12 heteroatoms. The maximum absolute atomic E-state index is 13.5. The Bertz CT molecular complexity index is 1340. The Kier molecular flexibility index (Phi) is 9.96. The van der Waals surface area contributed by atoms with Crippen LogP contribution >= 0.6 is 0 Å². The Balaban J connectivity index is 1.34. The van der Waals surface area contributed by atoms with Crippen molar-refractivity contribution in [2.24, 2.45) is 17.6 Å². The number of hydrogen-bond acceptors (Lipinski definition) is 10. The molecule has 4 unspecified atom stereocenters. The van der Waals surface area contributed by atoms with E-state index in [1.165, 1.54) is 5.06 Å². The predicted octanol–water partition coefficient (Wildman–Crippen LogP) is 1.51. The number of methoxy groups -OCH3 is 1. The average Bonchev–Trinajstić information content (AvgIpc) is 3.63. The molecule has 0 bridgehead atoms. The fraction of sp³-hybridized carbons (Fsp3) is 0.562. The third-order valence-corrected chi connectivity index (χ3v) is 9.19. The second-order valence-electron chi connectivity index (χ2n) is 12.2. The Hall–Kier alpha value is -3.42. The number of amides is 2. The average molecular weight is 613 g/mol. The lowest BCUT2D eigenvalue weighted by molar-refractivity contribution is -0.181. The van der Waals surface area contributed by atoms with E-state index >= 15 is 0 Å². The summed E-state index contributed by atoms with van der Waals surface area (Å²) in [6, 6.07) is 10.8. The summed E-state index contributed by atoms with van der Waals surface area (Å²) in [6.07, 6.45) is 0.556. The highest BCUT2D eigenvalue weighted by molar-refractivity contribution is 5.80. The number of benzene rings is 2. The molecule has 1 saturated heterocycles. The number of aliphatic hydroxyl groups is 2. The van der Waals surface area contributed by atoms with Gasteiger partial charge in [0.15, 0.2) is 11.5 Å². The third kappa shape index (κ3) is 6.64. The summed E-state index contributed by atoms with van der Waals surface area (Å²) in [5.41, 5.74) is 8.43. The largest absolute Gasteiger partial charge is 0.496 e. The van der Waals surface area contributed by atoms with Gasteiger partial charge in [0.1, 0.15) is 17.9 Å². The SMILES string of the molecule is COc1c(CN2O[C@@H](CO)[C@H]([C@H](C)O)C2C(N)=O)cccc1C1CC(C(=O)NCc2ccc3c(c2)OCO3)CC(N(C)C)C1. The van der Waals surface area contributed by atoms with Gasteiger partial charge in [-0.25, -0.2) is 0 Å². The van der Waals surface area contributed by atoms with E-state index < -0.39 is 30.1 Å². The quantitative estimate of drug-likeness (QED) is 0.293. The zero-order valence-electron chi connectivity index (χ0n) is 25.8. The second kappa shape index (κ2) is 13.7. The number of nitrogens with two attached hydrogens (primary N) is 1. The maximum atomic E-state index is 13.5. The minimum absolute atomic E-state index is 0.00307. The lowest BCUT2D eigenvalue weighted by Gasteiger charge is -2.38. The molecule has 2 fully saturated rings. The fourth-order valence-electron chi connectivity index (χ4n) is 6.93. The van der Waals surface area contributed by atoms with Crippen LogP contribution in [0.4, 0.5) is 0 Å². The molecule has 0 spiro atoms. The number of fused-ring (bicyclic) bond motifs is 1. The summed E-state index contributed by atoms with van der Waals surface area (Å²) in [5, 5.41) is 24.8. The van der Waals surface area contributed by atoms with Crippen LogP contribution in [0.3, 0.4) is 0 Å². The smallest absolute Gasteiger partial charge is 0.237 e. The Morgan fingerprint density at radius 2 is 1.93 bits per heavy atom. The van der Waals surface area contributed by atoms with Gasteiger partial charge in [0.2, 0.25) is 18.6 Å². The molecule has 7 atom stereocenters. The molecule has 5 rings (SSSR count). The van der Waals surface area contributed by atoms with E-state index in [1.807, 2.05) is 50.5 Å². The van der Waals surface area contributed by atoms with Crippen molar-refractivity contribution in [3.05, 3.63) is 53.1 Å².